The molecule has 0 bridgehead atoms. The van der Waals surface area contributed by atoms with E-state index in [0.717, 1.165) is 38.9 Å². The summed E-state index contributed by atoms with van der Waals surface area (Å²) in [5, 5.41) is 0.895. The average molecular weight is 1030 g/mol. The SMILES string of the molecule is [2H]C1([2H])CC([2H])([2H])C(C(N)=O)C2=C1c1cc(C)ccc1C2.[2H]C1([2H])CC([2H])([2H])C(C(N)=O)C2=C1c1cc(Cl)cc(C)c1C2.[2H]c1c(C)c(Cl)c([2H])c2c1CC1=C2C([2H])([2H])CCC1([2H])C(N)=O.[2H]c1c(Cl)c(C)cc2c1C1=C(C2)C([2H])(C(N)=O)CCC1([2H])[2H]. The molecule has 0 heterocycles. The molecule has 0 radical (unpaired) electrons. The number of halogens is 3. The molecule has 4 aromatic rings. The highest BCUT2D eigenvalue weighted by molar-refractivity contribution is 6.32. The van der Waals surface area contributed by atoms with Crippen LogP contribution >= 0.6 is 34.8 Å². The third-order valence-corrected chi connectivity index (χ3v) is 15.0. The van der Waals surface area contributed by atoms with Crippen molar-refractivity contribution in [3.8, 4) is 0 Å². The zero-order valence-electron chi connectivity index (χ0n) is 56.8. The molecule has 0 saturated heterocycles. The van der Waals surface area contributed by atoms with Gasteiger partial charge >= 0.3 is 0 Å². The van der Waals surface area contributed by atoms with Gasteiger partial charge in [0.25, 0.3) is 0 Å². The predicted molar refractivity (Wildman–Crippen MR) is 288 cm³/mol. The number of allylic oxidation sites excluding steroid dienone is 4. The van der Waals surface area contributed by atoms with Crippen LogP contribution in [0.4, 0.5) is 0 Å². The Hall–Kier alpha value is -5.41. The first-order chi connectivity index (χ1) is 40.3. The maximum atomic E-state index is 11.8. The summed E-state index contributed by atoms with van der Waals surface area (Å²) in [6.07, 6.45) is -10.6. The van der Waals surface area contributed by atoms with Gasteiger partial charge in [-0.3, -0.25) is 19.2 Å². The average Bonchev–Trinajstić information content (AvgIpc) is 1.58. The van der Waals surface area contributed by atoms with Gasteiger partial charge in [0.05, 0.1) is 27.7 Å². The molecule has 0 aromatic heterocycles. The highest BCUT2D eigenvalue weighted by Gasteiger charge is 2.37. The Morgan fingerprint density at radius 1 is 0.521 bits per heavy atom. The lowest BCUT2D eigenvalue weighted by atomic mass is 9.82. The maximum Gasteiger partial charge on any atom is 0.224 e. The number of nitrogens with two attached hydrogens (primary N) is 4. The van der Waals surface area contributed by atoms with E-state index in [1.165, 1.54) is 0 Å². The second kappa shape index (κ2) is 20.6. The van der Waals surface area contributed by atoms with Gasteiger partial charge in [-0.25, -0.2) is 0 Å². The van der Waals surface area contributed by atoms with Crippen LogP contribution in [0, 0.1) is 51.3 Å². The van der Waals surface area contributed by atoms with E-state index < -0.39 is 91.9 Å². The van der Waals surface area contributed by atoms with Gasteiger partial charge in [-0.1, -0.05) is 70.7 Å². The second-order valence-electron chi connectivity index (χ2n) is 18.7. The first kappa shape index (κ1) is 33.3. The van der Waals surface area contributed by atoms with E-state index in [2.05, 4.69) is 0 Å². The quantitative estimate of drug-likeness (QED) is 0.159. The highest BCUT2D eigenvalue weighted by Crippen LogP contribution is 2.49. The van der Waals surface area contributed by atoms with E-state index in [0.29, 0.717) is 68.0 Å². The van der Waals surface area contributed by atoms with Crippen LogP contribution in [0.15, 0.2) is 76.8 Å². The Labute approximate surface area is 457 Å². The van der Waals surface area contributed by atoms with Crippen LogP contribution in [-0.4, -0.2) is 23.6 Å². The minimum atomic E-state index is -1.99. The summed E-state index contributed by atoms with van der Waals surface area (Å²) in [5.41, 5.74) is 33.0. The monoisotopic (exact) mass is 1030 g/mol. The molecule has 8 N–H and O–H groups in total. The van der Waals surface area contributed by atoms with E-state index in [9.17, 15) is 19.2 Å². The van der Waals surface area contributed by atoms with E-state index in [1.54, 1.807) is 26.0 Å². The number of carbonyl (C=O) groups is 4. The molecule has 4 amide bonds. The molecule has 370 valence electrons. The predicted octanol–water partition coefficient (Wildman–Crippen LogP) is 12.3. The number of benzene rings is 4. The third-order valence-electron chi connectivity index (χ3n) is 14.0. The summed E-state index contributed by atoms with van der Waals surface area (Å²) in [6.45, 7) is 7.24. The lowest BCUT2D eigenvalue weighted by molar-refractivity contribution is -0.121. The van der Waals surface area contributed by atoms with E-state index in [4.69, 9.17) is 81.0 Å². The molecule has 0 aliphatic heterocycles. The van der Waals surface area contributed by atoms with Gasteiger partial charge in [-0.2, -0.15) is 0 Å². The summed E-state index contributed by atoms with van der Waals surface area (Å²) in [6, 6.07) is 11.2. The molecular formula is C60H65Cl3N4O4. The number of hydrogen-bond acceptors (Lipinski definition) is 4. The molecule has 0 saturated carbocycles. The number of aryl methyl sites for hydroxylation is 3. The fourth-order valence-corrected chi connectivity index (χ4v) is 11.2. The van der Waals surface area contributed by atoms with E-state index in [1.807, 2.05) is 38.1 Å². The Bertz CT molecular complexity index is 3930. The number of fused-ring (bicyclic) bond motifs is 8. The number of carbonyl (C=O) groups excluding carboxylic acids is 4. The topological polar surface area (TPSA) is 172 Å². The van der Waals surface area contributed by atoms with Gasteiger partial charge < -0.3 is 22.9 Å². The fourth-order valence-electron chi connectivity index (χ4n) is 10.6. The van der Waals surface area contributed by atoms with Crippen molar-refractivity contribution in [1.29, 1.82) is 0 Å². The minimum absolute atomic E-state index is 0.00443. The molecule has 0 spiro atoms. The zero-order chi connectivity index (χ0) is 65.8. The maximum absolute atomic E-state index is 11.8. The van der Waals surface area contributed by atoms with Crippen molar-refractivity contribution in [3.63, 3.8) is 0 Å². The Morgan fingerprint density at radius 3 is 1.59 bits per heavy atom. The molecule has 0 fully saturated rings. The van der Waals surface area contributed by atoms with Crippen LogP contribution in [-0.2, 0) is 44.9 Å². The smallest absolute Gasteiger partial charge is 0.224 e. The van der Waals surface area contributed by atoms with Crippen LogP contribution in [0.25, 0.3) is 22.3 Å². The van der Waals surface area contributed by atoms with Gasteiger partial charge in [0, 0.05) is 34.3 Å². The molecule has 8 aliphatic rings. The molecule has 12 rings (SSSR count). The molecule has 8 nitrogen and oxygen atoms in total. The number of primary amides is 4. The first-order valence-corrected chi connectivity index (χ1v) is 24.5. The van der Waals surface area contributed by atoms with Gasteiger partial charge in [0.2, 0.25) is 23.6 Å². The molecule has 4 unspecified atom stereocenters. The Balaban J connectivity index is 0.000000140. The standard InChI is InChI=1S/3C15H16ClNO.C15H17NO/c2*1-8-5-9-6-13-10(12(9)7-14(8)16)3-2-4-11(13)15(17)18;1-8-5-9(16)6-13-10-3-2-4-11(15(17)18)14(10)7-12(8)13;1-9-5-6-10-8-14-11(13(10)7-9)3-2-4-12(14)15(16)17/h2*5,7,11H,2-4,6H2,1H3,(H2,17,18);5-6,11H,2-4,7H2,1H3,(H2,17,18);5-7,12H,2-4,8H2,1H3,(H2,16,17)/i3D2,5D,7D,11D;3D2,7D,11D;2*3D2,4D2. The molecular weight excluding hydrogens is 947 g/mol. The lowest BCUT2D eigenvalue weighted by Gasteiger charge is -2.22. The molecule has 8 aliphatic carbocycles. The van der Waals surface area contributed by atoms with Crippen LogP contribution in [0.1, 0.15) is 167 Å². The van der Waals surface area contributed by atoms with E-state index in [-0.39, 0.29) is 95.4 Å². The Kier molecular flexibility index (Phi) is 9.68. The van der Waals surface area contributed by atoms with Crippen LogP contribution in [0.5, 0.6) is 0 Å². The highest BCUT2D eigenvalue weighted by atomic mass is 35.5. The second-order valence-corrected chi connectivity index (χ2v) is 19.9. The number of rotatable bonds is 4. The molecule has 4 aromatic carbocycles. The largest absolute Gasteiger partial charge is 0.369 e. The zero-order valence-corrected chi connectivity index (χ0v) is 42.0. The van der Waals surface area contributed by atoms with Crippen LogP contribution < -0.4 is 22.9 Å². The van der Waals surface area contributed by atoms with Crippen molar-refractivity contribution < 1.29 is 42.5 Å². The van der Waals surface area contributed by atoms with E-state index >= 15 is 0 Å². The minimum Gasteiger partial charge on any atom is -0.369 e. The van der Waals surface area contributed by atoms with Crippen molar-refractivity contribution in [2.45, 2.75) is 130 Å². The summed E-state index contributed by atoms with van der Waals surface area (Å²) in [5.74, 6) is -8.50. The van der Waals surface area contributed by atoms with Gasteiger partial charge in [-0.15, -0.1) is 0 Å². The first-order valence-electron chi connectivity index (χ1n) is 31.9. The third kappa shape index (κ3) is 9.93. The van der Waals surface area contributed by atoms with Gasteiger partial charge in [-0.05, 0) is 260 Å². The van der Waals surface area contributed by atoms with Crippen molar-refractivity contribution in [2.75, 3.05) is 0 Å². The van der Waals surface area contributed by atoms with Gasteiger partial charge in [0.1, 0.15) is 0 Å². The molecule has 71 heavy (non-hydrogen) atoms. The fraction of sp³-hybridized carbons (Fsp3) is 0.400. The molecule has 4 atom stereocenters. The molecule has 11 heteroatoms. The Morgan fingerprint density at radius 2 is 1.01 bits per heavy atom. The normalized spacial score (nSPS) is 31.7. The summed E-state index contributed by atoms with van der Waals surface area (Å²) < 4.78 is 140. The summed E-state index contributed by atoms with van der Waals surface area (Å²) in [7, 11) is 0. The van der Waals surface area contributed by atoms with Crippen molar-refractivity contribution in [3.05, 3.63) is 159 Å². The summed E-state index contributed by atoms with van der Waals surface area (Å²) in [4.78, 5) is 47.2. The van der Waals surface area contributed by atoms with Crippen LogP contribution in [0.3, 0.4) is 0 Å². The summed E-state index contributed by atoms with van der Waals surface area (Å²) >= 11 is 18.4. The van der Waals surface area contributed by atoms with Crippen molar-refractivity contribution >= 4 is 80.7 Å². The number of hydrogen-bond donors (Lipinski definition) is 4. The van der Waals surface area contributed by atoms with Gasteiger partial charge in [0.15, 0.2) is 0 Å². The number of amides is 4. The van der Waals surface area contributed by atoms with Crippen molar-refractivity contribution in [2.24, 2.45) is 46.6 Å². The lowest BCUT2D eigenvalue weighted by Crippen LogP contribution is -2.27. The van der Waals surface area contributed by atoms with Crippen LogP contribution in [0.2, 0.25) is 15.1 Å². The van der Waals surface area contributed by atoms with Crippen molar-refractivity contribution in [1.82, 2.24) is 0 Å².